The van der Waals surface area contributed by atoms with Crippen LogP contribution < -0.4 is 0 Å². The average Bonchev–Trinajstić information content (AvgIpc) is 2.79. The van der Waals surface area contributed by atoms with Crippen LogP contribution in [-0.2, 0) is 9.59 Å². The zero-order valence-electron chi connectivity index (χ0n) is 22.6. The van der Waals surface area contributed by atoms with E-state index in [0.29, 0.717) is 24.2 Å². The third-order valence-electron chi connectivity index (χ3n) is 13.5. The second-order valence-corrected chi connectivity index (χ2v) is 14.3. The monoisotopic (exact) mass is 486 g/mol. The summed E-state index contributed by atoms with van der Waals surface area (Å²) in [6.07, 6.45) is 9.08. The van der Waals surface area contributed by atoms with Crippen molar-refractivity contribution < 1.29 is 24.9 Å². The maximum atomic E-state index is 12.8. The molecular formula is C30H46O5. The molecule has 0 spiro atoms. The molecule has 196 valence electrons. The Labute approximate surface area is 210 Å². The van der Waals surface area contributed by atoms with Gasteiger partial charge in [-0.2, -0.15) is 0 Å². The van der Waals surface area contributed by atoms with Gasteiger partial charge in [0.25, 0.3) is 0 Å². The average molecular weight is 487 g/mol. The predicted octanol–water partition coefficient (Wildman–Crippen LogP) is 6.15. The van der Waals surface area contributed by atoms with E-state index in [1.165, 1.54) is 5.57 Å². The minimum absolute atomic E-state index is 0.00485. The van der Waals surface area contributed by atoms with Gasteiger partial charge in [-0.25, -0.2) is 0 Å². The Balaban J connectivity index is 1.62. The van der Waals surface area contributed by atoms with Crippen LogP contribution in [0.5, 0.6) is 0 Å². The molecule has 0 heterocycles. The van der Waals surface area contributed by atoms with E-state index in [4.69, 9.17) is 0 Å². The van der Waals surface area contributed by atoms with Crippen LogP contribution in [0.2, 0.25) is 0 Å². The zero-order chi connectivity index (χ0) is 25.8. The SMILES string of the molecule is CC1CCC2(C(=O)O)CCC3(C)C(=CCC4C5(C)CCC(O)C(C)(C(=O)O)C5CCC43C)C2C1C. The topological polar surface area (TPSA) is 94.8 Å². The number of rotatable bonds is 2. The third kappa shape index (κ3) is 2.85. The number of carboxylic acids is 2. The number of aliphatic hydroxyl groups excluding tert-OH is 1. The van der Waals surface area contributed by atoms with E-state index < -0.39 is 28.9 Å². The molecule has 5 aliphatic carbocycles. The van der Waals surface area contributed by atoms with Gasteiger partial charge in [0.2, 0.25) is 0 Å². The number of hydrogen-bond donors (Lipinski definition) is 3. The van der Waals surface area contributed by atoms with E-state index in [0.717, 1.165) is 51.4 Å². The Morgan fingerprint density at radius 1 is 0.857 bits per heavy atom. The Kier molecular flexibility index (Phi) is 5.48. The number of fused-ring (bicyclic) bond motifs is 7. The highest BCUT2D eigenvalue weighted by atomic mass is 16.4. The summed E-state index contributed by atoms with van der Waals surface area (Å²) in [5, 5.41) is 31.6. The van der Waals surface area contributed by atoms with Crippen LogP contribution in [-0.4, -0.2) is 33.4 Å². The summed E-state index contributed by atoms with van der Waals surface area (Å²) in [6, 6.07) is 0. The Morgan fingerprint density at radius 2 is 1.54 bits per heavy atom. The molecule has 0 amide bonds. The van der Waals surface area contributed by atoms with Crippen molar-refractivity contribution >= 4 is 11.9 Å². The molecule has 0 bridgehead atoms. The highest BCUT2D eigenvalue weighted by Gasteiger charge is 2.70. The number of carbonyl (C=O) groups is 2. The summed E-state index contributed by atoms with van der Waals surface area (Å²) in [6.45, 7) is 13.5. The Hall–Kier alpha value is -1.36. The van der Waals surface area contributed by atoms with Gasteiger partial charge in [0.15, 0.2) is 0 Å². The van der Waals surface area contributed by atoms with Crippen molar-refractivity contribution in [3.8, 4) is 0 Å². The summed E-state index contributed by atoms with van der Waals surface area (Å²) >= 11 is 0. The lowest BCUT2D eigenvalue weighted by molar-refractivity contribution is -0.218. The van der Waals surface area contributed by atoms with E-state index in [-0.39, 0.29) is 28.1 Å². The van der Waals surface area contributed by atoms with Gasteiger partial charge < -0.3 is 15.3 Å². The van der Waals surface area contributed by atoms with Crippen molar-refractivity contribution in [2.24, 2.45) is 56.7 Å². The highest BCUT2D eigenvalue weighted by Crippen LogP contribution is 2.75. The minimum atomic E-state index is -1.11. The molecule has 4 saturated carbocycles. The van der Waals surface area contributed by atoms with Gasteiger partial charge in [-0.15, -0.1) is 0 Å². The van der Waals surface area contributed by atoms with Crippen LogP contribution >= 0.6 is 0 Å². The molecule has 0 aromatic heterocycles. The van der Waals surface area contributed by atoms with Crippen molar-refractivity contribution in [1.82, 2.24) is 0 Å². The summed E-state index contributed by atoms with van der Waals surface area (Å²) in [5.41, 5.74) is -0.584. The molecule has 0 saturated heterocycles. The van der Waals surface area contributed by atoms with Crippen molar-refractivity contribution in [3.05, 3.63) is 11.6 Å². The molecule has 5 rings (SSSR count). The highest BCUT2D eigenvalue weighted by molar-refractivity contribution is 5.77. The van der Waals surface area contributed by atoms with E-state index in [1.807, 2.05) is 0 Å². The third-order valence-corrected chi connectivity index (χ3v) is 13.5. The number of aliphatic hydroxyl groups is 1. The number of hydrogen-bond acceptors (Lipinski definition) is 3. The van der Waals surface area contributed by atoms with E-state index in [2.05, 4.69) is 40.7 Å². The minimum Gasteiger partial charge on any atom is -0.481 e. The number of allylic oxidation sites excluding steroid dienone is 2. The van der Waals surface area contributed by atoms with Crippen LogP contribution in [0.4, 0.5) is 0 Å². The molecule has 0 aliphatic heterocycles. The Bertz CT molecular complexity index is 972. The molecule has 11 atom stereocenters. The number of aliphatic carboxylic acids is 2. The maximum absolute atomic E-state index is 12.8. The first kappa shape index (κ1) is 25.3. The fourth-order valence-electron chi connectivity index (χ4n) is 10.8. The van der Waals surface area contributed by atoms with Crippen LogP contribution in [0.15, 0.2) is 11.6 Å². The first-order valence-corrected chi connectivity index (χ1v) is 14.1. The van der Waals surface area contributed by atoms with Crippen molar-refractivity contribution in [3.63, 3.8) is 0 Å². The van der Waals surface area contributed by atoms with Crippen molar-refractivity contribution in [1.29, 1.82) is 0 Å². The lowest BCUT2D eigenvalue weighted by atomic mass is 9.33. The molecule has 0 aromatic carbocycles. The standard InChI is InChI=1S/C30H46O5/c1-17-9-14-30(25(34)35)16-15-27(4)19(23(30)18(17)2)7-8-20-26(3)12-11-22(31)29(6,24(32)33)21(26)10-13-28(20,27)5/h7,17-18,20-23,31H,8-16H2,1-6H3,(H,32,33)(H,34,35). The molecule has 5 nitrogen and oxygen atoms in total. The largest absolute Gasteiger partial charge is 0.481 e. The fraction of sp³-hybridized carbons (Fsp3) is 0.867. The van der Waals surface area contributed by atoms with Gasteiger partial charge in [-0.05, 0) is 111 Å². The smallest absolute Gasteiger partial charge is 0.312 e. The first-order valence-electron chi connectivity index (χ1n) is 14.1. The fourth-order valence-corrected chi connectivity index (χ4v) is 10.8. The molecule has 0 radical (unpaired) electrons. The maximum Gasteiger partial charge on any atom is 0.312 e. The van der Waals surface area contributed by atoms with Crippen LogP contribution in [0, 0.1) is 56.7 Å². The van der Waals surface area contributed by atoms with Gasteiger partial charge in [0, 0.05) is 0 Å². The van der Waals surface area contributed by atoms with E-state index in [9.17, 15) is 24.9 Å². The second kappa shape index (κ2) is 7.58. The lowest BCUT2D eigenvalue weighted by Crippen LogP contribution is -2.66. The molecule has 5 aliphatic rings. The molecule has 5 heteroatoms. The molecule has 0 aromatic rings. The quantitative estimate of drug-likeness (QED) is 0.407. The molecular weight excluding hydrogens is 440 g/mol. The zero-order valence-corrected chi connectivity index (χ0v) is 22.6. The van der Waals surface area contributed by atoms with Gasteiger partial charge in [-0.3, -0.25) is 9.59 Å². The van der Waals surface area contributed by atoms with Crippen LogP contribution in [0.1, 0.15) is 99.3 Å². The van der Waals surface area contributed by atoms with Crippen LogP contribution in [0.25, 0.3) is 0 Å². The normalized spacial score (nSPS) is 55.5. The lowest BCUT2D eigenvalue weighted by Gasteiger charge is -2.71. The molecule has 3 N–H and O–H groups in total. The summed E-state index contributed by atoms with van der Waals surface area (Å²) in [7, 11) is 0. The summed E-state index contributed by atoms with van der Waals surface area (Å²) in [5.74, 6) is -0.236. The summed E-state index contributed by atoms with van der Waals surface area (Å²) < 4.78 is 0. The molecule has 35 heavy (non-hydrogen) atoms. The number of carboxylic acid groups (broad SMARTS) is 2. The van der Waals surface area contributed by atoms with E-state index in [1.54, 1.807) is 6.92 Å². The van der Waals surface area contributed by atoms with Gasteiger partial charge in [-0.1, -0.05) is 46.3 Å². The van der Waals surface area contributed by atoms with Gasteiger partial charge in [0.05, 0.1) is 16.9 Å². The van der Waals surface area contributed by atoms with Crippen molar-refractivity contribution in [2.75, 3.05) is 0 Å². The van der Waals surface area contributed by atoms with Gasteiger partial charge in [0.1, 0.15) is 0 Å². The second-order valence-electron chi connectivity index (χ2n) is 14.3. The van der Waals surface area contributed by atoms with Crippen LogP contribution in [0.3, 0.4) is 0 Å². The summed E-state index contributed by atoms with van der Waals surface area (Å²) in [4.78, 5) is 25.3. The van der Waals surface area contributed by atoms with Crippen molar-refractivity contribution in [2.45, 2.75) is 105 Å². The first-order chi connectivity index (χ1) is 16.2. The Morgan fingerprint density at radius 3 is 2.17 bits per heavy atom. The molecule has 4 fully saturated rings. The predicted molar refractivity (Wildman–Crippen MR) is 135 cm³/mol. The van der Waals surface area contributed by atoms with E-state index >= 15 is 0 Å². The van der Waals surface area contributed by atoms with Gasteiger partial charge >= 0.3 is 11.9 Å². The molecule has 11 unspecified atom stereocenters.